The molecule has 30 rings (SSSR count). The van der Waals surface area contributed by atoms with Crippen molar-refractivity contribution in [3.63, 3.8) is 0 Å². The van der Waals surface area contributed by atoms with Crippen molar-refractivity contribution in [1.29, 1.82) is 0 Å². The lowest BCUT2D eigenvalue weighted by Crippen LogP contribution is -2.37. The first-order chi connectivity index (χ1) is 71.4. The molecule has 0 fully saturated rings. The summed E-state index contributed by atoms with van der Waals surface area (Å²) in [4.78, 5) is 0. The molecule has 0 atom stereocenters. The molecule has 5 nitrogen and oxygen atoms in total. The lowest BCUT2D eigenvalue weighted by Gasteiger charge is -2.17. The molecule has 8 aromatic heterocycles. The smallest absolute Gasteiger partial charge is 0.0775 e. The van der Waals surface area contributed by atoms with E-state index in [2.05, 4.69) is 513 Å². The first kappa shape index (κ1) is 88.3. The Balaban J connectivity index is 0.000000107. The standard InChI is InChI=1S/2C50H38N2.C41H39NSi/c1-29(2)31-17-19-33-27-47-41(23-35(33)21-31)43-25-37(26-44-42-24-36-22-32(30(3)4)18-20-34(36)28-48(42)52(47)50(43)44)39-14-10-16-46-49(39)40-13-8-9-15-45(40)51(46)38-11-6-5-7-12-38;1-29(2)31-14-16-34-27-48-42(23-36(34)20-31)44-25-38(26-45-43-24-37-21-32(30(3)4)15-17-35(37)28-49(43)52(48)50(44)45)33-18-19-47-41(22-33)40-12-8-9-13-46(40)51(47)39-10-6-5-7-11-39;1-24(2)27-8-10-29-22-39-35(18-31(29)16-27)37-20-33(26-12-14-34(15-13-26)43(5,6)7)21-38-36-19-32-17-28(25(3)4)9-11-30(32)23-40(36)42(39)41(37)38/h2*5-30H,1-4H3;8-25H,1-7H3. The number of hydrogen-bond donors (Lipinski definition) is 0. The van der Waals surface area contributed by atoms with Gasteiger partial charge >= 0.3 is 0 Å². The summed E-state index contributed by atoms with van der Waals surface area (Å²) in [5.74, 6) is 2.94. The zero-order valence-electron chi connectivity index (χ0n) is 86.2. The van der Waals surface area contributed by atoms with E-state index in [4.69, 9.17) is 0 Å². The molecule has 8 heterocycles. The summed E-state index contributed by atoms with van der Waals surface area (Å²) in [5.41, 5.74) is 34.8. The summed E-state index contributed by atoms with van der Waals surface area (Å²) in [5, 5.41) is 38.1. The van der Waals surface area contributed by atoms with Crippen LogP contribution in [0.3, 0.4) is 0 Å². The zero-order valence-corrected chi connectivity index (χ0v) is 87.2. The summed E-state index contributed by atoms with van der Waals surface area (Å²) < 4.78 is 12.4. The second-order valence-electron chi connectivity index (χ2n) is 45.2. The van der Waals surface area contributed by atoms with Gasteiger partial charge in [0.2, 0.25) is 0 Å². The third-order valence-electron chi connectivity index (χ3n) is 33.2. The second-order valence-corrected chi connectivity index (χ2v) is 50.3. The second kappa shape index (κ2) is 33.1. The Bertz CT molecular complexity index is 10300. The van der Waals surface area contributed by atoms with Gasteiger partial charge in [-0.3, -0.25) is 0 Å². The van der Waals surface area contributed by atoms with Crippen LogP contribution in [0.25, 0.3) is 267 Å². The molecular weight excluding hydrogens is 1790 g/mol. The maximum atomic E-state index is 2.55. The van der Waals surface area contributed by atoms with E-state index in [0.29, 0.717) is 35.5 Å². The predicted octanol–water partition coefficient (Wildman–Crippen LogP) is 39.9. The molecule has 0 aliphatic carbocycles. The summed E-state index contributed by atoms with van der Waals surface area (Å²) >= 11 is 0. The Morgan fingerprint density at radius 1 is 0.170 bits per heavy atom. The molecule has 30 aromatic rings. The fraction of sp³-hybridized carbons (Fsp3) is 0.149. The summed E-state index contributed by atoms with van der Waals surface area (Å²) in [6, 6.07) is 148. The number of rotatable bonds is 12. The summed E-state index contributed by atoms with van der Waals surface area (Å²) in [7, 11) is -1.36. The van der Waals surface area contributed by atoms with Crippen LogP contribution < -0.4 is 5.19 Å². The normalized spacial score (nSPS) is 12.7. The van der Waals surface area contributed by atoms with E-state index in [1.54, 1.807) is 0 Å². The molecule has 0 saturated heterocycles. The minimum atomic E-state index is -1.36. The first-order valence-corrected chi connectivity index (χ1v) is 56.6. The Morgan fingerprint density at radius 2 is 0.435 bits per heavy atom. The van der Waals surface area contributed by atoms with Crippen LogP contribution in [-0.4, -0.2) is 30.4 Å². The average Bonchev–Trinajstić information content (AvgIpc) is 1.52. The summed E-state index contributed by atoms with van der Waals surface area (Å²) in [6.45, 7) is 34.6. The summed E-state index contributed by atoms with van der Waals surface area (Å²) in [6.07, 6.45) is 0. The van der Waals surface area contributed by atoms with Crippen molar-refractivity contribution in [3.8, 4) is 44.8 Å². The highest BCUT2D eigenvalue weighted by molar-refractivity contribution is 6.88. The highest BCUT2D eigenvalue weighted by atomic mass is 28.3. The number of hydrogen-bond acceptors (Lipinski definition) is 0. The maximum Gasteiger partial charge on any atom is 0.0775 e. The van der Waals surface area contributed by atoms with Crippen molar-refractivity contribution in [2.24, 2.45) is 0 Å². The van der Waals surface area contributed by atoms with E-state index in [0.717, 1.165) is 0 Å². The molecule has 0 N–H and O–H groups in total. The molecule has 6 heteroatoms. The van der Waals surface area contributed by atoms with E-state index in [-0.39, 0.29) is 0 Å². The van der Waals surface area contributed by atoms with E-state index in [9.17, 15) is 0 Å². The molecule has 0 bridgehead atoms. The number of aromatic nitrogens is 5. The van der Waals surface area contributed by atoms with Crippen molar-refractivity contribution in [2.45, 2.75) is 138 Å². The van der Waals surface area contributed by atoms with Crippen LogP contribution in [-0.2, 0) is 0 Å². The minimum Gasteiger partial charge on any atom is -0.309 e. The Kier molecular flexibility index (Phi) is 19.9. The van der Waals surface area contributed by atoms with Gasteiger partial charge in [0, 0.05) is 97.6 Å². The molecule has 0 unspecified atom stereocenters. The highest BCUT2D eigenvalue weighted by Crippen LogP contribution is 2.52. The van der Waals surface area contributed by atoms with Gasteiger partial charge in [0.05, 0.1) is 79.8 Å². The maximum absolute atomic E-state index is 2.55. The molecule has 0 aliphatic heterocycles. The van der Waals surface area contributed by atoms with Gasteiger partial charge in [-0.25, -0.2) is 0 Å². The largest absolute Gasteiger partial charge is 0.309 e. The van der Waals surface area contributed by atoms with Crippen molar-refractivity contribution >= 4 is 236 Å². The van der Waals surface area contributed by atoms with E-state index in [1.807, 2.05) is 0 Å². The van der Waals surface area contributed by atoms with Crippen LogP contribution in [0, 0.1) is 0 Å². The van der Waals surface area contributed by atoms with Crippen LogP contribution in [0.1, 0.15) is 152 Å². The van der Waals surface area contributed by atoms with E-state index in [1.165, 1.54) is 306 Å². The van der Waals surface area contributed by atoms with Gasteiger partial charge in [-0.1, -0.05) is 332 Å². The Morgan fingerprint density at radius 3 is 0.769 bits per heavy atom. The van der Waals surface area contributed by atoms with Crippen molar-refractivity contribution in [1.82, 2.24) is 22.3 Å². The molecule has 0 spiro atoms. The molecule has 0 aliphatic rings. The number of fused-ring (bicyclic) bond motifs is 30. The van der Waals surface area contributed by atoms with Gasteiger partial charge in [0.15, 0.2) is 0 Å². The molecule has 0 amide bonds. The van der Waals surface area contributed by atoms with Crippen LogP contribution in [0.2, 0.25) is 19.6 Å². The van der Waals surface area contributed by atoms with Crippen molar-refractivity contribution < 1.29 is 0 Å². The third kappa shape index (κ3) is 13.8. The SMILES string of the molecule is CC(C)c1ccc2cc3c(cc2c1)c1cc(-c2ccc([Si](C)(C)C)cc2)cc2c4cc5cc(C(C)C)ccc5cc4n3c12.CC(C)c1ccc2cc3c(cc2c1)c1cc(-c2ccc4c(c2)c2ccccc2n4-c2ccccc2)cc2c4cc5cc(C(C)C)ccc5cc4n3c12.CC(C)c1ccc2cc3c(cc2c1)c1cc(-c2cccc4c2c2ccccc2n4-c2ccccc2)cc2c4cc5cc(C(C)C)ccc5cc4n3c12. The zero-order chi connectivity index (χ0) is 99.4. The van der Waals surface area contributed by atoms with E-state index >= 15 is 0 Å². The van der Waals surface area contributed by atoms with Crippen LogP contribution in [0.4, 0.5) is 0 Å². The fourth-order valence-corrected chi connectivity index (χ4v) is 26.3. The monoisotopic (exact) mass is 1910 g/mol. The number of nitrogens with zero attached hydrogens (tertiary/aromatic N) is 5. The molecule has 708 valence electrons. The minimum absolute atomic E-state index is 0.480. The predicted molar refractivity (Wildman–Crippen MR) is 641 cm³/mol. The van der Waals surface area contributed by atoms with Crippen molar-refractivity contribution in [2.75, 3.05) is 0 Å². The van der Waals surface area contributed by atoms with E-state index < -0.39 is 8.07 Å². The number of para-hydroxylation sites is 4. The van der Waals surface area contributed by atoms with Gasteiger partial charge in [0.1, 0.15) is 0 Å². The molecule has 0 saturated carbocycles. The molecule has 0 radical (unpaired) electrons. The highest BCUT2D eigenvalue weighted by Gasteiger charge is 2.29. The fourth-order valence-electron chi connectivity index (χ4n) is 25.1. The quantitative estimate of drug-likeness (QED) is 0.109. The average molecular weight is 1910 g/mol. The van der Waals surface area contributed by atoms with Gasteiger partial charge < -0.3 is 22.3 Å². The van der Waals surface area contributed by atoms with Crippen LogP contribution in [0.15, 0.2) is 388 Å². The lowest BCUT2D eigenvalue weighted by molar-refractivity contribution is 0.869. The van der Waals surface area contributed by atoms with Crippen LogP contribution >= 0.6 is 0 Å². The van der Waals surface area contributed by atoms with Gasteiger partial charge in [-0.2, -0.15) is 0 Å². The topological polar surface area (TPSA) is 23.1 Å². The molecular formula is C141H115N5Si. The van der Waals surface area contributed by atoms with Gasteiger partial charge in [-0.15, -0.1) is 0 Å². The van der Waals surface area contributed by atoms with Gasteiger partial charge in [-0.05, 0) is 331 Å². The Hall–Kier alpha value is -16.4. The third-order valence-corrected chi connectivity index (χ3v) is 35.3. The van der Waals surface area contributed by atoms with Crippen molar-refractivity contribution in [3.05, 3.63) is 422 Å². The number of benzene rings is 22. The Labute approximate surface area is 856 Å². The molecule has 22 aromatic carbocycles. The lowest BCUT2D eigenvalue weighted by atomic mass is 9.94. The molecule has 147 heavy (non-hydrogen) atoms. The van der Waals surface area contributed by atoms with Crippen LogP contribution in [0.5, 0.6) is 0 Å². The first-order valence-electron chi connectivity index (χ1n) is 53.1. The van der Waals surface area contributed by atoms with Gasteiger partial charge in [0.25, 0.3) is 0 Å².